The summed E-state index contributed by atoms with van der Waals surface area (Å²) in [7, 11) is -7.87. The number of rotatable bonds is 25. The first-order valence-electron chi connectivity index (χ1n) is 31.3. The third-order valence-corrected chi connectivity index (χ3v) is 19.1. The van der Waals surface area contributed by atoms with Gasteiger partial charge in [0, 0.05) is 44.9 Å². The minimum atomic E-state index is -4.11. The van der Waals surface area contributed by atoms with E-state index in [1.165, 1.54) is 26.8 Å². The Morgan fingerprint density at radius 1 is 0.688 bits per heavy atom. The maximum Gasteiger partial charge on any atom is 0.410 e. The molecule has 5 atom stereocenters. The Bertz CT molecular complexity index is 3820. The standard InChI is InChI=1S/C30H41N3O9S.C25H32N4O5S.C14H10N2O2/c1-30(2,11-12-31)18-33(43(36,37)21-8-9-25-26(15-21)41-19-40-25)16-24(34)23(14-20-6-4-3-5-7-20)32-29(35)42-27-17-39-28-22(27)10-13-38-28;1-19(2)15-29(35(30,31)21-10-11-22-23(14-21)33-18-32-22)16-25(3,4)12-13-27-24(28-17-26)34-20-8-6-5-7-9-20;15-11-16-14(17-12-7-3-1-4-8-12)18-13-9-5-2-6-10-13/h3-9,15,22-24,27-28,34H,10-14,16-19,31H2,1-2H3,(H,32,35);5-11,14,19H,12-13,15-16,18H2,1-4H3,(H,27,28);1-10H/t22?,23-,24?,27?,28?;;/m0../s1. The summed E-state index contributed by atoms with van der Waals surface area (Å²) in [6, 6.07) is 44.8. The van der Waals surface area contributed by atoms with Gasteiger partial charge < -0.3 is 63.5 Å². The molecule has 512 valence electrons. The molecular weight excluding hydrogens is 1270 g/mol. The molecule has 10 rings (SSSR count). The van der Waals surface area contributed by atoms with E-state index in [2.05, 4.69) is 20.6 Å². The Balaban J connectivity index is 0.000000199. The number of carbonyl (C=O) groups excluding carboxylic acids is 1. The number of alkyl carbamates (subject to hydrolysis) is 1. The summed E-state index contributed by atoms with van der Waals surface area (Å²) >= 11 is 0. The first kappa shape index (κ1) is 72.8. The van der Waals surface area contributed by atoms with Crippen LogP contribution in [-0.4, -0.2) is 139 Å². The zero-order valence-electron chi connectivity index (χ0n) is 54.5. The molecule has 0 bridgehead atoms. The molecular formula is C69H83N9O16S2. The van der Waals surface area contributed by atoms with E-state index in [9.17, 15) is 26.7 Å². The molecule has 0 radical (unpaired) electrons. The number of aliphatic hydroxyl groups is 1. The molecule has 4 heterocycles. The number of aliphatic hydroxyl groups excluding tert-OH is 1. The second-order valence-electron chi connectivity index (χ2n) is 24.8. The fourth-order valence-electron chi connectivity index (χ4n) is 10.6. The van der Waals surface area contributed by atoms with Crippen molar-refractivity contribution in [1.29, 1.82) is 10.5 Å². The number of hydrogen-bond acceptors (Lipinski definition) is 21. The van der Waals surface area contributed by atoms with Crippen molar-refractivity contribution in [2.45, 2.75) is 102 Å². The van der Waals surface area contributed by atoms with Gasteiger partial charge in [-0.25, -0.2) is 31.9 Å². The molecule has 4 unspecified atom stereocenters. The van der Waals surface area contributed by atoms with E-state index in [4.69, 9.17) is 63.6 Å². The highest BCUT2D eigenvalue weighted by molar-refractivity contribution is 7.89. The van der Waals surface area contributed by atoms with Gasteiger partial charge in [-0.15, -0.1) is 0 Å². The van der Waals surface area contributed by atoms with Gasteiger partial charge in [0.15, 0.2) is 35.5 Å². The molecule has 96 heavy (non-hydrogen) atoms. The van der Waals surface area contributed by atoms with Crippen molar-refractivity contribution in [2.75, 3.05) is 66.1 Å². The summed E-state index contributed by atoms with van der Waals surface area (Å²) in [6.45, 7) is 13.9. The van der Waals surface area contributed by atoms with Crippen molar-refractivity contribution >= 4 is 38.2 Å². The number of carbonyl (C=O) groups is 1. The lowest BCUT2D eigenvalue weighted by Crippen LogP contribution is -2.52. The first-order valence-corrected chi connectivity index (χ1v) is 34.2. The number of fused-ring (bicyclic) bond motifs is 3. The number of amidine groups is 1. The molecule has 25 nitrogen and oxygen atoms in total. The maximum absolute atomic E-state index is 14.0. The number of sulfonamides is 2. The van der Waals surface area contributed by atoms with E-state index in [1.54, 1.807) is 60.8 Å². The zero-order valence-corrected chi connectivity index (χ0v) is 56.2. The summed E-state index contributed by atoms with van der Waals surface area (Å²) in [5.41, 5.74) is 5.80. The molecule has 0 aliphatic carbocycles. The molecule has 4 aliphatic heterocycles. The number of nitrogens with zero attached hydrogens (tertiary/aromatic N) is 6. The normalized spacial score (nSPS) is 16.9. The Kier molecular flexibility index (Phi) is 26.2. The van der Waals surface area contributed by atoms with Crippen LogP contribution in [0, 0.1) is 45.6 Å². The predicted molar refractivity (Wildman–Crippen MR) is 356 cm³/mol. The van der Waals surface area contributed by atoms with Gasteiger partial charge in [0.1, 0.15) is 23.4 Å². The zero-order chi connectivity index (χ0) is 68.7. The fourth-order valence-corrected chi connectivity index (χ4v) is 14.1. The Labute approximate surface area is 561 Å². The van der Waals surface area contributed by atoms with Crippen LogP contribution in [0.4, 0.5) is 4.79 Å². The van der Waals surface area contributed by atoms with Crippen LogP contribution in [0.25, 0.3) is 0 Å². The summed E-state index contributed by atoms with van der Waals surface area (Å²) in [6.07, 6.45) is 2.64. The summed E-state index contributed by atoms with van der Waals surface area (Å²) < 4.78 is 113. The number of nitrogens with two attached hydrogens (primary N) is 1. The molecule has 1 amide bonds. The average Bonchev–Trinajstić information content (AvgIpc) is 1.28. The highest BCUT2D eigenvalue weighted by Gasteiger charge is 2.44. The summed E-state index contributed by atoms with van der Waals surface area (Å²) in [5, 5.41) is 34.5. The van der Waals surface area contributed by atoms with E-state index in [1.807, 2.05) is 133 Å². The molecule has 0 spiro atoms. The van der Waals surface area contributed by atoms with Gasteiger partial charge in [-0.1, -0.05) is 131 Å². The number of amides is 1. The Morgan fingerprint density at radius 3 is 1.70 bits per heavy atom. The van der Waals surface area contributed by atoms with Gasteiger partial charge in [0.05, 0.1) is 41.1 Å². The highest BCUT2D eigenvalue weighted by atomic mass is 32.2. The minimum absolute atomic E-state index is 0.00838. The number of nitrogens with one attached hydrogen (secondary N) is 2. The van der Waals surface area contributed by atoms with E-state index in [-0.39, 0.29) is 79.7 Å². The molecule has 5 N–H and O–H groups in total. The number of aliphatic imine (C=N–C) groups is 2. The molecule has 0 saturated carbocycles. The van der Waals surface area contributed by atoms with Crippen LogP contribution in [0.5, 0.6) is 40.2 Å². The van der Waals surface area contributed by atoms with Gasteiger partial charge >= 0.3 is 18.2 Å². The quantitative estimate of drug-likeness (QED) is 0.0179. The third-order valence-electron chi connectivity index (χ3n) is 15.5. The molecule has 6 aromatic carbocycles. The van der Waals surface area contributed by atoms with Crippen LogP contribution in [0.3, 0.4) is 0 Å². The lowest BCUT2D eigenvalue weighted by atomic mass is 9.89. The van der Waals surface area contributed by atoms with E-state index in [0.717, 1.165) is 12.0 Å². The smallest absolute Gasteiger partial charge is 0.410 e. The van der Waals surface area contributed by atoms with Gasteiger partial charge in [-0.05, 0) is 115 Å². The highest BCUT2D eigenvalue weighted by Crippen LogP contribution is 2.38. The SMILES string of the molecule is CC(C)(CCN)CN(CC(O)[C@H](Cc1ccccc1)NC(=O)OC1COC2OCCC12)S(=O)(=O)c1ccc2c(c1)OCO2.CC(C)CN(CC(C)(C)CCN=C(NC#N)Oc1ccccc1)S(=O)(=O)c1ccc2c(c1)OCO2.N#CN=C(Oc1ccccc1)Oc1ccccc1. The first-order chi connectivity index (χ1) is 46.0. The summed E-state index contributed by atoms with van der Waals surface area (Å²) in [5.74, 6) is 3.53. The van der Waals surface area contributed by atoms with Crippen molar-refractivity contribution in [1.82, 2.24) is 19.2 Å². The Hall–Kier alpha value is -9.03. The van der Waals surface area contributed by atoms with E-state index < -0.39 is 55.2 Å². The van der Waals surface area contributed by atoms with Crippen molar-refractivity contribution in [3.05, 3.63) is 163 Å². The second kappa shape index (κ2) is 34.6. The molecule has 4 aliphatic rings. The number of ether oxygens (including phenoxy) is 10. The molecule has 0 aromatic heterocycles. The van der Waals surface area contributed by atoms with Gasteiger partial charge in [0.2, 0.25) is 39.8 Å². The number of hydrogen-bond donors (Lipinski definition) is 4. The van der Waals surface area contributed by atoms with Crippen molar-refractivity contribution in [2.24, 2.45) is 38.4 Å². The molecule has 27 heteroatoms. The van der Waals surface area contributed by atoms with Crippen LogP contribution in [0.2, 0.25) is 0 Å². The average molecular weight is 1360 g/mol. The monoisotopic (exact) mass is 1360 g/mol. The second-order valence-corrected chi connectivity index (χ2v) is 28.6. The largest absolute Gasteiger partial charge is 0.454 e. The lowest BCUT2D eigenvalue weighted by molar-refractivity contribution is -0.0907. The number of para-hydroxylation sites is 3. The van der Waals surface area contributed by atoms with Crippen LogP contribution >= 0.6 is 0 Å². The number of benzene rings is 6. The van der Waals surface area contributed by atoms with Crippen LogP contribution in [-0.2, 0) is 40.7 Å². The van der Waals surface area contributed by atoms with E-state index in [0.29, 0.717) is 85.9 Å². The van der Waals surface area contributed by atoms with Crippen molar-refractivity contribution in [3.63, 3.8) is 0 Å². The molecule has 2 saturated heterocycles. The molecule has 6 aromatic rings. The molecule has 2 fully saturated rings. The predicted octanol–water partition coefficient (Wildman–Crippen LogP) is 9.21. The van der Waals surface area contributed by atoms with Gasteiger partial charge in [0.25, 0.3) is 0 Å². The van der Waals surface area contributed by atoms with E-state index >= 15 is 0 Å². The maximum atomic E-state index is 14.0. The van der Waals surface area contributed by atoms with Gasteiger partial charge in [-0.3, -0.25) is 0 Å². The van der Waals surface area contributed by atoms with Crippen LogP contribution in [0.1, 0.15) is 66.4 Å². The van der Waals surface area contributed by atoms with Crippen LogP contribution in [0.15, 0.2) is 178 Å². The number of nitriles is 2. The van der Waals surface area contributed by atoms with Gasteiger partial charge in [-0.2, -0.15) is 19.1 Å². The third kappa shape index (κ3) is 21.5. The van der Waals surface area contributed by atoms with Crippen molar-refractivity contribution in [3.8, 4) is 52.6 Å². The fraction of sp³-hybridized carbons (Fsp3) is 0.406. The topological polar surface area (TPSA) is 327 Å². The van der Waals surface area contributed by atoms with Crippen molar-refractivity contribution < 1.29 is 74.1 Å². The van der Waals surface area contributed by atoms with Crippen LogP contribution < -0.4 is 49.5 Å². The lowest BCUT2D eigenvalue weighted by Gasteiger charge is -2.35. The Morgan fingerprint density at radius 2 is 1.19 bits per heavy atom. The summed E-state index contributed by atoms with van der Waals surface area (Å²) in [4.78, 5) is 21.2. The minimum Gasteiger partial charge on any atom is -0.454 e.